The number of nitrogens with one attached hydrogen (secondary N) is 2. The molecule has 5 N–H and O–H groups in total. The van der Waals surface area contributed by atoms with E-state index in [1.807, 2.05) is 12.1 Å². The summed E-state index contributed by atoms with van der Waals surface area (Å²) in [5.41, 5.74) is 4.85. The Hall–Kier alpha value is -3.97. The Balaban J connectivity index is 1.33. The van der Waals surface area contributed by atoms with Gasteiger partial charge in [0, 0.05) is 51.9 Å². The molecule has 1 unspecified atom stereocenters. The molecule has 1 aromatic carbocycles. The Morgan fingerprint density at radius 3 is 2.74 bits per heavy atom. The van der Waals surface area contributed by atoms with E-state index in [1.54, 1.807) is 6.07 Å². The largest absolute Gasteiger partial charge is 0.477 e. The molecule has 1 saturated carbocycles. The summed E-state index contributed by atoms with van der Waals surface area (Å²) < 4.78 is 12.7. The predicted octanol–water partition coefficient (Wildman–Crippen LogP) is -0.333. The molecule has 2 heterocycles. The van der Waals surface area contributed by atoms with Gasteiger partial charge >= 0.3 is 6.09 Å². The summed E-state index contributed by atoms with van der Waals surface area (Å²) in [7, 11) is 3.63. The van der Waals surface area contributed by atoms with Crippen LogP contribution in [-0.4, -0.2) is 108 Å². The highest BCUT2D eigenvalue weighted by Crippen LogP contribution is 2.65. The molecule has 4 aliphatic rings. The number of rotatable bonds is 10. The van der Waals surface area contributed by atoms with Gasteiger partial charge in [-0.05, 0) is 24.1 Å². The van der Waals surface area contributed by atoms with Crippen molar-refractivity contribution < 1.29 is 43.0 Å². The monoisotopic (exact) mass is 598 g/mol. The number of Topliss-reactive ketones (excluding diaryl/α,β-unsaturated/α-hetero) is 1. The Morgan fingerprint density at radius 2 is 2.07 bits per heavy atom. The molecule has 0 aromatic heterocycles. The number of aliphatic hydroxyl groups is 1. The van der Waals surface area contributed by atoms with E-state index in [0.717, 1.165) is 17.7 Å². The number of carbonyl (C=O) groups is 5. The van der Waals surface area contributed by atoms with Crippen LogP contribution in [0.3, 0.4) is 0 Å². The van der Waals surface area contributed by atoms with Gasteiger partial charge in [-0.2, -0.15) is 0 Å². The van der Waals surface area contributed by atoms with Crippen molar-refractivity contribution in [1.82, 2.24) is 15.5 Å². The molecule has 1 aromatic rings. The summed E-state index contributed by atoms with van der Waals surface area (Å²) in [4.78, 5) is 62.7. The Labute approximate surface area is 249 Å². The number of amides is 4. The molecule has 13 heteroatoms. The van der Waals surface area contributed by atoms with E-state index >= 15 is 0 Å². The number of piperidine rings is 1. The third-order valence-corrected chi connectivity index (χ3v) is 9.79. The molecule has 2 bridgehead atoms. The van der Waals surface area contributed by atoms with E-state index in [9.17, 15) is 29.1 Å². The number of ether oxygens (including phenoxy) is 2. The van der Waals surface area contributed by atoms with Crippen LogP contribution in [0.15, 0.2) is 24.8 Å². The average molecular weight is 599 g/mol. The van der Waals surface area contributed by atoms with Crippen LogP contribution in [0.4, 0.5) is 4.79 Å². The first-order valence-electron chi connectivity index (χ1n) is 14.6. The minimum atomic E-state index is -1.17. The molecule has 1 spiro atoms. The van der Waals surface area contributed by atoms with Crippen molar-refractivity contribution in [1.29, 1.82) is 0 Å². The van der Waals surface area contributed by atoms with Crippen LogP contribution < -0.4 is 25.8 Å². The third-order valence-electron chi connectivity index (χ3n) is 9.79. The Bertz CT molecular complexity index is 1380. The molecule has 1 saturated heterocycles. The first kappa shape index (κ1) is 30.5. The number of hydrogen-bond donors (Lipinski definition) is 4. The fourth-order valence-corrected chi connectivity index (χ4v) is 7.80. The highest BCUT2D eigenvalue weighted by atomic mass is 16.6. The van der Waals surface area contributed by atoms with Crippen LogP contribution in [0.5, 0.6) is 11.5 Å². The zero-order valence-electron chi connectivity index (χ0n) is 24.8. The summed E-state index contributed by atoms with van der Waals surface area (Å²) in [6.07, 6.45) is 1.65. The number of hydrogen-bond acceptors (Lipinski definition) is 8. The quantitative estimate of drug-likeness (QED) is 0.209. The second kappa shape index (κ2) is 10.9. The van der Waals surface area contributed by atoms with E-state index in [-0.39, 0.29) is 43.5 Å². The van der Waals surface area contributed by atoms with Crippen molar-refractivity contribution in [2.75, 3.05) is 40.3 Å². The molecule has 2 aliphatic carbocycles. The lowest BCUT2D eigenvalue weighted by molar-refractivity contribution is -0.944. The zero-order chi connectivity index (χ0) is 31.3. The normalized spacial score (nSPS) is 30.3. The van der Waals surface area contributed by atoms with Gasteiger partial charge in [0.1, 0.15) is 17.7 Å². The molecule has 4 amide bonds. The number of nitrogens with two attached hydrogens (primary N) is 1. The van der Waals surface area contributed by atoms with Gasteiger partial charge in [0.2, 0.25) is 17.7 Å². The second-order valence-electron chi connectivity index (χ2n) is 12.4. The lowest BCUT2D eigenvalue weighted by Crippen LogP contribution is -2.80. The molecule has 5 rings (SSSR count). The average Bonchev–Trinajstić information content (AvgIpc) is 3.30. The number of likely N-dealkylation sites (tertiary alicyclic amines) is 1. The molecule has 2 fully saturated rings. The van der Waals surface area contributed by atoms with Gasteiger partial charge in [0.25, 0.3) is 0 Å². The summed E-state index contributed by atoms with van der Waals surface area (Å²) in [5.74, 6) is -1.42. The van der Waals surface area contributed by atoms with Crippen LogP contribution in [0.25, 0.3) is 0 Å². The minimum absolute atomic E-state index is 0.0165. The van der Waals surface area contributed by atoms with Crippen molar-refractivity contribution in [3.63, 3.8) is 0 Å². The number of nitrogens with zero attached hydrogens (tertiary/aromatic N) is 2. The molecule has 232 valence electrons. The van der Waals surface area contributed by atoms with E-state index in [1.165, 1.54) is 18.9 Å². The van der Waals surface area contributed by atoms with Gasteiger partial charge in [0.15, 0.2) is 23.4 Å². The SMILES string of the molecule is C=CC[N+]1(C)CC[C@]23c4c5ccc(OC(=O)N(C)CCNC(=O)[C@H](CC(N)=O)NC(C)=O)c4O[C@H]2C(=O)CC[C@@]3(O)[C@H]1C5. The van der Waals surface area contributed by atoms with E-state index < -0.39 is 47.0 Å². The van der Waals surface area contributed by atoms with Gasteiger partial charge in [-0.1, -0.05) is 12.6 Å². The molecular formula is C30H40N5O8+. The number of carbonyl (C=O) groups excluding carboxylic acids is 5. The maximum atomic E-state index is 13.3. The Morgan fingerprint density at radius 1 is 1.33 bits per heavy atom. The highest BCUT2D eigenvalue weighted by Gasteiger charge is 2.76. The highest BCUT2D eigenvalue weighted by molar-refractivity contribution is 5.91. The topological polar surface area (TPSA) is 177 Å². The van der Waals surface area contributed by atoms with Gasteiger partial charge in [-0.25, -0.2) is 4.79 Å². The maximum absolute atomic E-state index is 13.3. The number of benzene rings is 1. The van der Waals surface area contributed by atoms with Gasteiger partial charge < -0.3 is 40.3 Å². The van der Waals surface area contributed by atoms with Crippen molar-refractivity contribution in [3.8, 4) is 11.5 Å². The third kappa shape index (κ3) is 4.84. The fraction of sp³-hybridized carbons (Fsp3) is 0.567. The number of quaternary nitrogens is 1. The predicted molar refractivity (Wildman–Crippen MR) is 153 cm³/mol. The van der Waals surface area contributed by atoms with Crippen LogP contribution >= 0.6 is 0 Å². The number of primary amides is 1. The standard InChI is InChI=1S/C30H39N5O8/c1-5-13-35(4)14-10-29-24-18-6-7-21(25(24)43-26(29)20(37)8-9-30(29,41)22(35)15-18)42-28(40)34(3)12-11-32-27(39)19(16-23(31)38)33-17(2)36/h5-7,19,22,26,41H,1,8-16H2,2-4H3,(H3-,31,32,33,36,38,39)/p+1/t19-,22+,26-,29-,30+,35?/m0/s1. The first-order valence-corrected chi connectivity index (χ1v) is 14.6. The van der Waals surface area contributed by atoms with Crippen LogP contribution in [0.2, 0.25) is 0 Å². The summed E-state index contributed by atoms with van der Waals surface area (Å²) >= 11 is 0. The van der Waals surface area contributed by atoms with Crippen molar-refractivity contribution in [2.45, 2.75) is 68.2 Å². The number of likely N-dealkylation sites (N-methyl/N-ethyl adjacent to an activating group) is 2. The molecule has 6 atom stereocenters. The summed E-state index contributed by atoms with van der Waals surface area (Å²) in [6.45, 7) is 6.68. The maximum Gasteiger partial charge on any atom is 0.415 e. The van der Waals surface area contributed by atoms with Gasteiger partial charge in [0.05, 0.1) is 32.0 Å². The zero-order valence-corrected chi connectivity index (χ0v) is 24.8. The lowest BCUT2D eigenvalue weighted by Gasteiger charge is -2.64. The lowest BCUT2D eigenvalue weighted by atomic mass is 9.48. The molecule has 0 radical (unpaired) electrons. The van der Waals surface area contributed by atoms with Gasteiger partial charge in [-0.15, -0.1) is 0 Å². The van der Waals surface area contributed by atoms with E-state index in [0.29, 0.717) is 36.0 Å². The van der Waals surface area contributed by atoms with Crippen molar-refractivity contribution in [2.24, 2.45) is 5.73 Å². The molecule has 2 aliphatic heterocycles. The first-order chi connectivity index (χ1) is 20.3. The molecule has 43 heavy (non-hydrogen) atoms. The van der Waals surface area contributed by atoms with Crippen LogP contribution in [-0.2, 0) is 31.0 Å². The summed E-state index contributed by atoms with van der Waals surface area (Å²) in [5, 5.41) is 17.4. The van der Waals surface area contributed by atoms with Crippen molar-refractivity contribution in [3.05, 3.63) is 35.9 Å². The van der Waals surface area contributed by atoms with Crippen LogP contribution in [0.1, 0.15) is 43.7 Å². The van der Waals surface area contributed by atoms with Gasteiger partial charge in [-0.3, -0.25) is 19.2 Å². The second-order valence-corrected chi connectivity index (χ2v) is 12.4. The van der Waals surface area contributed by atoms with Crippen molar-refractivity contribution >= 4 is 29.6 Å². The smallest absolute Gasteiger partial charge is 0.415 e. The summed E-state index contributed by atoms with van der Waals surface area (Å²) in [6, 6.07) is 2.30. The molecule has 13 nitrogen and oxygen atoms in total. The van der Waals surface area contributed by atoms with E-state index in [4.69, 9.17) is 15.2 Å². The fourth-order valence-electron chi connectivity index (χ4n) is 7.80. The molecular weight excluding hydrogens is 558 g/mol. The minimum Gasteiger partial charge on any atom is -0.477 e. The number of ketones is 1. The Kier molecular flexibility index (Phi) is 7.76. The van der Waals surface area contributed by atoms with Crippen LogP contribution in [0, 0.1) is 0 Å². The van der Waals surface area contributed by atoms with E-state index in [2.05, 4.69) is 24.3 Å².